The summed E-state index contributed by atoms with van der Waals surface area (Å²) in [5.74, 6) is -0.208. The molecule has 0 fully saturated rings. The van der Waals surface area contributed by atoms with Crippen molar-refractivity contribution in [1.82, 2.24) is 15.3 Å². The van der Waals surface area contributed by atoms with Crippen LogP contribution in [0.3, 0.4) is 0 Å². The van der Waals surface area contributed by atoms with Crippen molar-refractivity contribution >= 4 is 17.3 Å². The molecule has 0 aliphatic carbocycles. The van der Waals surface area contributed by atoms with Gasteiger partial charge < -0.3 is 10.6 Å². The first-order valence-electron chi connectivity index (χ1n) is 8.92. The highest BCUT2D eigenvalue weighted by atomic mass is 16.1. The topological polar surface area (TPSA) is 66.9 Å². The van der Waals surface area contributed by atoms with Gasteiger partial charge in [0.05, 0.1) is 11.9 Å². The summed E-state index contributed by atoms with van der Waals surface area (Å²) in [5.41, 5.74) is 4.56. The van der Waals surface area contributed by atoms with Gasteiger partial charge in [0.25, 0.3) is 5.91 Å². The van der Waals surface area contributed by atoms with Crippen molar-refractivity contribution in [2.75, 3.05) is 5.32 Å². The zero-order valence-corrected chi connectivity index (χ0v) is 15.9. The predicted octanol–water partition coefficient (Wildman–Crippen LogP) is 4.45. The van der Waals surface area contributed by atoms with E-state index in [0.717, 1.165) is 16.9 Å². The molecule has 3 rings (SSSR count). The van der Waals surface area contributed by atoms with Crippen LogP contribution in [-0.4, -0.2) is 15.9 Å². The Morgan fingerprint density at radius 1 is 0.963 bits per heavy atom. The predicted molar refractivity (Wildman–Crippen MR) is 108 cm³/mol. The first-order chi connectivity index (χ1) is 12.9. The molecule has 2 heterocycles. The van der Waals surface area contributed by atoms with Crippen LogP contribution in [-0.2, 0) is 12.0 Å². The third kappa shape index (κ3) is 5.14. The summed E-state index contributed by atoms with van der Waals surface area (Å²) >= 11 is 0. The molecule has 0 aliphatic rings. The molecule has 0 bridgehead atoms. The van der Waals surface area contributed by atoms with Gasteiger partial charge in [-0.25, -0.2) is 4.98 Å². The van der Waals surface area contributed by atoms with Gasteiger partial charge in [0, 0.05) is 24.6 Å². The number of aromatic nitrogens is 2. The number of anilines is 2. The van der Waals surface area contributed by atoms with Crippen LogP contribution in [0.4, 0.5) is 11.4 Å². The maximum Gasteiger partial charge on any atom is 0.270 e. The molecule has 0 spiro atoms. The van der Waals surface area contributed by atoms with Crippen LogP contribution in [0.2, 0.25) is 0 Å². The number of rotatable bonds is 5. The van der Waals surface area contributed by atoms with Gasteiger partial charge in [-0.3, -0.25) is 9.78 Å². The fourth-order valence-corrected chi connectivity index (χ4v) is 2.60. The van der Waals surface area contributed by atoms with Crippen molar-refractivity contribution in [3.8, 4) is 0 Å². The lowest BCUT2D eigenvalue weighted by molar-refractivity contribution is 0.0946. The number of pyridine rings is 2. The first-order valence-corrected chi connectivity index (χ1v) is 8.92. The molecular formula is C22H24N4O. The first kappa shape index (κ1) is 18.6. The van der Waals surface area contributed by atoms with E-state index in [1.54, 1.807) is 24.7 Å². The molecule has 3 aromatic rings. The van der Waals surface area contributed by atoms with E-state index in [2.05, 4.69) is 65.6 Å². The molecule has 2 N–H and O–H groups in total. The Labute approximate surface area is 159 Å². The molecule has 1 aromatic carbocycles. The Morgan fingerprint density at radius 3 is 2.30 bits per heavy atom. The molecule has 0 radical (unpaired) electrons. The van der Waals surface area contributed by atoms with E-state index in [1.165, 1.54) is 5.56 Å². The molecule has 5 nitrogen and oxygen atoms in total. The molecule has 138 valence electrons. The van der Waals surface area contributed by atoms with E-state index < -0.39 is 0 Å². The number of hydrogen-bond donors (Lipinski definition) is 2. The molecule has 0 atom stereocenters. The smallest absolute Gasteiger partial charge is 0.270 e. The molecular weight excluding hydrogens is 336 g/mol. The van der Waals surface area contributed by atoms with Crippen LogP contribution in [0, 0.1) is 0 Å². The summed E-state index contributed by atoms with van der Waals surface area (Å²) in [7, 11) is 0. The Kier molecular flexibility index (Phi) is 5.50. The maximum absolute atomic E-state index is 12.2. The Bertz CT molecular complexity index is 882. The van der Waals surface area contributed by atoms with Crippen LogP contribution >= 0.6 is 0 Å². The van der Waals surface area contributed by atoms with Gasteiger partial charge in [-0.2, -0.15) is 0 Å². The Balaban J connectivity index is 1.59. The quantitative estimate of drug-likeness (QED) is 0.705. The summed E-state index contributed by atoms with van der Waals surface area (Å²) < 4.78 is 0. The van der Waals surface area contributed by atoms with Crippen molar-refractivity contribution in [3.05, 3.63) is 83.9 Å². The third-order valence-electron chi connectivity index (χ3n) is 4.21. The monoisotopic (exact) mass is 360 g/mol. The second-order valence-corrected chi connectivity index (χ2v) is 7.43. The van der Waals surface area contributed by atoms with Crippen LogP contribution in [0.15, 0.2) is 67.1 Å². The highest BCUT2D eigenvalue weighted by Gasteiger charge is 2.13. The van der Waals surface area contributed by atoms with Crippen molar-refractivity contribution in [2.24, 2.45) is 0 Å². The molecule has 27 heavy (non-hydrogen) atoms. The Hall–Kier alpha value is -3.21. The minimum absolute atomic E-state index is 0.130. The summed E-state index contributed by atoms with van der Waals surface area (Å²) in [4.78, 5) is 20.5. The van der Waals surface area contributed by atoms with Crippen molar-refractivity contribution in [1.29, 1.82) is 0 Å². The summed E-state index contributed by atoms with van der Waals surface area (Å²) in [6, 6.07) is 15.7. The van der Waals surface area contributed by atoms with Gasteiger partial charge in [-0.15, -0.1) is 0 Å². The number of hydrogen-bond acceptors (Lipinski definition) is 4. The van der Waals surface area contributed by atoms with Crippen molar-refractivity contribution in [3.63, 3.8) is 0 Å². The highest BCUT2D eigenvalue weighted by molar-refractivity contribution is 5.92. The minimum Gasteiger partial charge on any atom is -0.354 e. The normalized spacial score (nSPS) is 11.1. The van der Waals surface area contributed by atoms with E-state index >= 15 is 0 Å². The Morgan fingerprint density at radius 2 is 1.70 bits per heavy atom. The van der Waals surface area contributed by atoms with E-state index in [9.17, 15) is 4.79 Å². The van der Waals surface area contributed by atoms with Crippen LogP contribution < -0.4 is 10.6 Å². The van der Waals surface area contributed by atoms with Crippen molar-refractivity contribution in [2.45, 2.75) is 32.7 Å². The van der Waals surface area contributed by atoms with Crippen LogP contribution in [0.1, 0.15) is 42.4 Å². The lowest BCUT2D eigenvalue weighted by Gasteiger charge is -2.19. The molecule has 0 saturated carbocycles. The number of nitrogens with one attached hydrogen (secondary N) is 2. The zero-order valence-electron chi connectivity index (χ0n) is 15.9. The summed E-state index contributed by atoms with van der Waals surface area (Å²) in [6.45, 7) is 7.00. The summed E-state index contributed by atoms with van der Waals surface area (Å²) in [5, 5.41) is 6.15. The number of benzene rings is 1. The molecule has 0 unspecified atom stereocenters. The van der Waals surface area contributed by atoms with Gasteiger partial charge in [0.2, 0.25) is 0 Å². The maximum atomic E-state index is 12.2. The van der Waals surface area contributed by atoms with E-state index in [1.807, 2.05) is 18.2 Å². The molecule has 1 amide bonds. The number of nitrogens with zero attached hydrogens (tertiary/aromatic N) is 2. The largest absolute Gasteiger partial charge is 0.354 e. The van der Waals surface area contributed by atoms with Gasteiger partial charge in [-0.1, -0.05) is 39.0 Å². The summed E-state index contributed by atoms with van der Waals surface area (Å²) in [6.07, 6.45) is 5.09. The lowest BCUT2D eigenvalue weighted by Crippen LogP contribution is -2.23. The van der Waals surface area contributed by atoms with E-state index in [-0.39, 0.29) is 11.3 Å². The fourth-order valence-electron chi connectivity index (χ4n) is 2.60. The van der Waals surface area contributed by atoms with E-state index in [0.29, 0.717) is 12.2 Å². The standard InChI is InChI=1S/C22H24N4O/c1-22(2,3)17-6-8-18(9-7-17)26-19-10-11-20(24-15-19)21(27)25-14-16-5-4-12-23-13-16/h4-13,15,26H,14H2,1-3H3,(H,25,27). The number of carbonyl (C=O) groups excluding carboxylic acids is 1. The van der Waals surface area contributed by atoms with Gasteiger partial charge in [0.15, 0.2) is 0 Å². The van der Waals surface area contributed by atoms with Crippen molar-refractivity contribution < 1.29 is 4.79 Å². The second kappa shape index (κ2) is 7.99. The van der Waals surface area contributed by atoms with Gasteiger partial charge in [-0.05, 0) is 46.9 Å². The number of amides is 1. The minimum atomic E-state index is -0.208. The highest BCUT2D eigenvalue weighted by Crippen LogP contribution is 2.24. The molecule has 0 saturated heterocycles. The molecule has 0 aliphatic heterocycles. The average Bonchev–Trinajstić information content (AvgIpc) is 2.67. The number of carbonyl (C=O) groups is 1. The molecule has 5 heteroatoms. The fraction of sp³-hybridized carbons (Fsp3) is 0.227. The second-order valence-electron chi connectivity index (χ2n) is 7.43. The van der Waals surface area contributed by atoms with Crippen LogP contribution in [0.5, 0.6) is 0 Å². The van der Waals surface area contributed by atoms with E-state index in [4.69, 9.17) is 0 Å². The molecule has 2 aromatic heterocycles. The van der Waals surface area contributed by atoms with Gasteiger partial charge >= 0.3 is 0 Å². The lowest BCUT2D eigenvalue weighted by atomic mass is 9.87. The zero-order chi connectivity index (χ0) is 19.3. The third-order valence-corrected chi connectivity index (χ3v) is 4.21. The average molecular weight is 360 g/mol. The van der Waals surface area contributed by atoms with Gasteiger partial charge in [0.1, 0.15) is 5.69 Å². The SMILES string of the molecule is CC(C)(C)c1ccc(Nc2ccc(C(=O)NCc3cccnc3)nc2)cc1. The van der Waals surface area contributed by atoms with Crippen LogP contribution in [0.25, 0.3) is 0 Å².